The molecule has 46 valence electrons. The van der Waals surface area contributed by atoms with Crippen molar-refractivity contribution in [1.82, 2.24) is 0 Å². The first-order chi connectivity index (χ1) is 3.83. The van der Waals surface area contributed by atoms with E-state index >= 15 is 0 Å². The van der Waals surface area contributed by atoms with E-state index in [9.17, 15) is 0 Å². The molecule has 0 aromatic rings. The molecule has 0 spiro atoms. The van der Waals surface area contributed by atoms with Crippen molar-refractivity contribution in [3.8, 4) is 0 Å². The fraction of sp³-hybridized carbons (Fsp3) is 0.750. The van der Waals surface area contributed by atoms with Gasteiger partial charge in [-0.2, -0.15) is 0 Å². The Kier molecular flexibility index (Phi) is 1.41. The molecule has 0 N–H and O–H groups in total. The summed E-state index contributed by atoms with van der Waals surface area (Å²) < 4.78 is 0. The lowest BCUT2D eigenvalue weighted by Crippen LogP contribution is -1.91. The van der Waals surface area contributed by atoms with Gasteiger partial charge >= 0.3 is 0 Å². The van der Waals surface area contributed by atoms with Crippen LogP contribution in [0.1, 0.15) is 32.6 Å². The molecule has 1 aliphatic rings. The van der Waals surface area contributed by atoms with E-state index in [1.54, 1.807) is 0 Å². The summed E-state index contributed by atoms with van der Waals surface area (Å²) in [5.74, 6) is 0. The van der Waals surface area contributed by atoms with Gasteiger partial charge in [0.15, 0.2) is 0 Å². The zero-order valence-corrected chi connectivity index (χ0v) is 5.61. The van der Waals surface area contributed by atoms with Crippen LogP contribution < -0.4 is 0 Å². The molecule has 0 bridgehead atoms. The Morgan fingerprint density at radius 1 is 1.62 bits per heavy atom. The molecule has 0 heterocycles. The molecule has 1 rings (SSSR count). The summed E-state index contributed by atoms with van der Waals surface area (Å²) in [6.45, 7) is 6.05. The van der Waals surface area contributed by atoms with Crippen molar-refractivity contribution >= 4 is 0 Å². The van der Waals surface area contributed by atoms with Crippen LogP contribution in [0.25, 0.3) is 0 Å². The first kappa shape index (κ1) is 5.87. The van der Waals surface area contributed by atoms with E-state index in [4.69, 9.17) is 0 Å². The summed E-state index contributed by atoms with van der Waals surface area (Å²) in [6.07, 6.45) is 7.59. The van der Waals surface area contributed by atoms with E-state index < -0.39 is 0 Å². The Hall–Kier alpha value is -0.260. The van der Waals surface area contributed by atoms with Crippen molar-refractivity contribution in [3.05, 3.63) is 12.7 Å². The second kappa shape index (κ2) is 1.93. The summed E-state index contributed by atoms with van der Waals surface area (Å²) in [5, 5.41) is 0. The van der Waals surface area contributed by atoms with Gasteiger partial charge in [-0.15, -0.1) is 6.58 Å². The number of hydrogen-bond acceptors (Lipinski definition) is 0. The van der Waals surface area contributed by atoms with E-state index in [1.807, 2.05) is 0 Å². The van der Waals surface area contributed by atoms with Crippen molar-refractivity contribution < 1.29 is 0 Å². The average Bonchev–Trinajstić information content (AvgIpc) is 2.50. The van der Waals surface area contributed by atoms with Crippen LogP contribution in [-0.4, -0.2) is 0 Å². The highest BCUT2D eigenvalue weighted by Gasteiger charge is 2.37. The van der Waals surface area contributed by atoms with Crippen molar-refractivity contribution in [2.45, 2.75) is 32.6 Å². The molecule has 0 aromatic heterocycles. The van der Waals surface area contributed by atoms with Crippen LogP contribution in [0.4, 0.5) is 0 Å². The lowest BCUT2D eigenvalue weighted by molar-refractivity contribution is 0.573. The Labute approximate surface area is 51.6 Å². The summed E-state index contributed by atoms with van der Waals surface area (Å²) in [7, 11) is 0. The van der Waals surface area contributed by atoms with Crippen molar-refractivity contribution in [2.75, 3.05) is 0 Å². The van der Waals surface area contributed by atoms with E-state index in [0.717, 1.165) is 0 Å². The maximum Gasteiger partial charge on any atom is -0.0120 e. The molecule has 0 heteroatoms. The minimum Gasteiger partial charge on any atom is -0.103 e. The molecule has 0 amide bonds. The van der Waals surface area contributed by atoms with Gasteiger partial charge in [0, 0.05) is 0 Å². The molecular weight excluding hydrogens is 96.1 g/mol. The van der Waals surface area contributed by atoms with Crippen molar-refractivity contribution in [3.63, 3.8) is 0 Å². The van der Waals surface area contributed by atoms with Crippen LogP contribution in [0.15, 0.2) is 12.7 Å². The van der Waals surface area contributed by atoms with Crippen LogP contribution >= 0.6 is 0 Å². The van der Waals surface area contributed by atoms with Gasteiger partial charge in [0.2, 0.25) is 0 Å². The van der Waals surface area contributed by atoms with Gasteiger partial charge in [-0.05, 0) is 24.7 Å². The topological polar surface area (TPSA) is 0 Å². The highest BCUT2D eigenvalue weighted by Crippen LogP contribution is 2.50. The molecular formula is C8H14. The number of allylic oxidation sites excluding steroid dienone is 1. The molecule has 1 aliphatic carbocycles. The molecule has 0 aliphatic heterocycles. The van der Waals surface area contributed by atoms with Gasteiger partial charge in [0.1, 0.15) is 0 Å². The van der Waals surface area contributed by atoms with E-state index in [-0.39, 0.29) is 0 Å². The SMILES string of the molecule is C=CC1(CCC)CC1. The summed E-state index contributed by atoms with van der Waals surface area (Å²) >= 11 is 0. The first-order valence-corrected chi connectivity index (χ1v) is 3.46. The zero-order valence-electron chi connectivity index (χ0n) is 5.61. The van der Waals surface area contributed by atoms with Crippen LogP contribution in [-0.2, 0) is 0 Å². The maximum absolute atomic E-state index is 3.81. The third-order valence-corrected chi connectivity index (χ3v) is 2.07. The van der Waals surface area contributed by atoms with Crippen molar-refractivity contribution in [2.24, 2.45) is 5.41 Å². The van der Waals surface area contributed by atoms with Gasteiger partial charge in [-0.3, -0.25) is 0 Å². The third-order valence-electron chi connectivity index (χ3n) is 2.07. The number of rotatable bonds is 3. The fourth-order valence-electron chi connectivity index (χ4n) is 1.21. The molecule has 0 unspecified atom stereocenters. The smallest absolute Gasteiger partial charge is 0.0120 e. The van der Waals surface area contributed by atoms with Gasteiger partial charge in [-0.25, -0.2) is 0 Å². The Morgan fingerprint density at radius 2 is 2.25 bits per heavy atom. The lowest BCUT2D eigenvalue weighted by atomic mass is 10.0. The maximum atomic E-state index is 3.81. The molecule has 0 atom stereocenters. The van der Waals surface area contributed by atoms with Gasteiger partial charge in [-0.1, -0.05) is 19.4 Å². The van der Waals surface area contributed by atoms with E-state index in [2.05, 4.69) is 19.6 Å². The monoisotopic (exact) mass is 110 g/mol. The van der Waals surface area contributed by atoms with Gasteiger partial charge in [0.05, 0.1) is 0 Å². The second-order valence-corrected chi connectivity index (χ2v) is 2.82. The number of hydrogen-bond donors (Lipinski definition) is 0. The minimum absolute atomic E-state index is 0.606. The predicted octanol–water partition coefficient (Wildman–Crippen LogP) is 2.75. The lowest BCUT2D eigenvalue weighted by Gasteiger charge is -2.03. The molecule has 8 heavy (non-hydrogen) atoms. The standard InChI is InChI=1S/C8H14/c1-3-5-8(4-2)6-7-8/h4H,2-3,5-7H2,1H3. The van der Waals surface area contributed by atoms with Gasteiger partial charge in [0.25, 0.3) is 0 Å². The highest BCUT2D eigenvalue weighted by molar-refractivity contribution is 5.05. The van der Waals surface area contributed by atoms with Crippen LogP contribution in [0.3, 0.4) is 0 Å². The Morgan fingerprint density at radius 3 is 2.38 bits per heavy atom. The largest absolute Gasteiger partial charge is 0.103 e. The Balaban J connectivity index is 2.30. The molecule has 0 radical (unpaired) electrons. The highest BCUT2D eigenvalue weighted by atomic mass is 14.4. The molecule has 0 saturated heterocycles. The third kappa shape index (κ3) is 0.936. The van der Waals surface area contributed by atoms with E-state index in [1.165, 1.54) is 25.7 Å². The normalized spacial score (nSPS) is 22.6. The second-order valence-electron chi connectivity index (χ2n) is 2.82. The quantitative estimate of drug-likeness (QED) is 0.490. The fourth-order valence-corrected chi connectivity index (χ4v) is 1.21. The molecule has 1 fully saturated rings. The van der Waals surface area contributed by atoms with E-state index in [0.29, 0.717) is 5.41 Å². The van der Waals surface area contributed by atoms with Gasteiger partial charge < -0.3 is 0 Å². The average molecular weight is 110 g/mol. The van der Waals surface area contributed by atoms with Crippen LogP contribution in [0.5, 0.6) is 0 Å². The molecule has 1 saturated carbocycles. The summed E-state index contributed by atoms with van der Waals surface area (Å²) in [4.78, 5) is 0. The molecule has 0 nitrogen and oxygen atoms in total. The minimum atomic E-state index is 0.606. The predicted molar refractivity (Wildman–Crippen MR) is 36.8 cm³/mol. The van der Waals surface area contributed by atoms with Crippen LogP contribution in [0, 0.1) is 5.41 Å². The first-order valence-electron chi connectivity index (χ1n) is 3.46. The van der Waals surface area contributed by atoms with Crippen LogP contribution in [0.2, 0.25) is 0 Å². The molecule has 0 aromatic carbocycles. The summed E-state index contributed by atoms with van der Waals surface area (Å²) in [5.41, 5.74) is 0.606. The summed E-state index contributed by atoms with van der Waals surface area (Å²) in [6, 6.07) is 0. The Bertz CT molecular complexity index is 88.2. The van der Waals surface area contributed by atoms with Crippen molar-refractivity contribution in [1.29, 1.82) is 0 Å². The zero-order chi connectivity index (χ0) is 6.04.